The minimum Gasteiger partial charge on any atom is -0.463 e. The van der Waals surface area contributed by atoms with Crippen molar-refractivity contribution in [3.8, 4) is 11.6 Å². The van der Waals surface area contributed by atoms with Gasteiger partial charge in [-0.2, -0.15) is 26.3 Å². The lowest BCUT2D eigenvalue weighted by atomic mass is 10.1. The fraction of sp³-hybridized carbons (Fsp3) is 0.231. The number of aromatic nitrogens is 1. The average molecular weight is 400 g/mol. The highest BCUT2D eigenvalue weighted by Crippen LogP contribution is 2.46. The minimum atomic E-state index is -5.43. The first-order chi connectivity index (χ1) is 12.3. The highest BCUT2D eigenvalue weighted by molar-refractivity contribution is 5.86. The van der Waals surface area contributed by atoms with Gasteiger partial charge in [0.15, 0.2) is 0 Å². The van der Waals surface area contributed by atoms with Crippen LogP contribution >= 0.6 is 0 Å². The van der Waals surface area contributed by atoms with Crippen LogP contribution in [0.5, 0.6) is 11.6 Å². The smallest absolute Gasteiger partial charge is 0.420 e. The second-order valence-electron chi connectivity index (χ2n) is 4.75. The van der Waals surface area contributed by atoms with Gasteiger partial charge in [0, 0.05) is 6.07 Å². The van der Waals surface area contributed by atoms with E-state index in [4.69, 9.17) is 0 Å². The summed E-state index contributed by atoms with van der Waals surface area (Å²) < 4.78 is 91.1. The van der Waals surface area contributed by atoms with Crippen LogP contribution in [-0.2, 0) is 17.1 Å². The van der Waals surface area contributed by atoms with Crippen LogP contribution in [0, 0.1) is 10.1 Å². The van der Waals surface area contributed by atoms with Crippen molar-refractivity contribution in [2.45, 2.75) is 12.4 Å². The van der Waals surface area contributed by atoms with Crippen LogP contribution in [0.4, 0.5) is 32.0 Å². The Morgan fingerprint density at radius 3 is 2.26 bits per heavy atom. The lowest BCUT2D eigenvalue weighted by Gasteiger charge is -2.15. The number of rotatable bonds is 4. The molecule has 2 rings (SSSR count). The van der Waals surface area contributed by atoms with Crippen molar-refractivity contribution in [2.24, 2.45) is 0 Å². The van der Waals surface area contributed by atoms with Gasteiger partial charge in [0.2, 0.25) is 11.5 Å². The predicted molar refractivity (Wildman–Crippen MR) is 71.0 cm³/mol. The Kier molecular flexibility index (Phi) is 5.01. The molecule has 1 aromatic heterocycles. The zero-order valence-corrected chi connectivity index (χ0v) is 12.8. The lowest BCUT2D eigenvalue weighted by molar-refractivity contribution is -0.386. The molecule has 146 valence electrons. The van der Waals surface area contributed by atoms with Crippen molar-refractivity contribution in [3.63, 3.8) is 0 Å². The van der Waals surface area contributed by atoms with Crippen LogP contribution in [-0.4, -0.2) is 23.2 Å². The Hall–Kier alpha value is -3.32. The molecule has 14 heteroatoms. The van der Waals surface area contributed by atoms with Crippen molar-refractivity contribution < 1.29 is 50.1 Å². The molecule has 0 unspecified atom stereocenters. The summed E-state index contributed by atoms with van der Waals surface area (Å²) in [6.07, 6.45) is -10.7. The Bertz CT molecular complexity index is 888. The van der Waals surface area contributed by atoms with E-state index in [1.165, 1.54) is 0 Å². The van der Waals surface area contributed by atoms with Gasteiger partial charge >= 0.3 is 24.0 Å². The van der Waals surface area contributed by atoms with Crippen LogP contribution in [0.3, 0.4) is 0 Å². The third-order valence-electron chi connectivity index (χ3n) is 2.98. The van der Waals surface area contributed by atoms with Crippen LogP contribution in [0.1, 0.15) is 21.7 Å². The Labute approximate surface area is 144 Å². The van der Waals surface area contributed by atoms with E-state index in [-0.39, 0.29) is 12.1 Å². The summed E-state index contributed by atoms with van der Waals surface area (Å²) in [6, 6.07) is 0.183. The van der Waals surface area contributed by atoms with Crippen LogP contribution in [0.2, 0.25) is 0 Å². The summed E-state index contributed by atoms with van der Waals surface area (Å²) in [6.45, 7) is 0. The second-order valence-corrected chi connectivity index (χ2v) is 4.75. The number of benzene rings is 1. The Morgan fingerprint density at radius 1 is 1.15 bits per heavy atom. The van der Waals surface area contributed by atoms with E-state index in [0.717, 1.165) is 7.11 Å². The molecule has 0 fully saturated rings. The first-order valence-electron chi connectivity index (χ1n) is 6.54. The highest BCUT2D eigenvalue weighted by Gasteiger charge is 2.43. The fourth-order valence-electron chi connectivity index (χ4n) is 1.84. The summed E-state index contributed by atoms with van der Waals surface area (Å²) in [7, 11) is 0.952. The molecule has 27 heavy (non-hydrogen) atoms. The van der Waals surface area contributed by atoms with E-state index in [1.54, 1.807) is 0 Å². The molecule has 0 aliphatic carbocycles. The van der Waals surface area contributed by atoms with Crippen LogP contribution in [0.25, 0.3) is 0 Å². The van der Waals surface area contributed by atoms with Gasteiger partial charge in [0.1, 0.15) is 5.56 Å². The molecule has 2 aromatic rings. The molecule has 0 saturated carbocycles. The number of nitro groups is 1. The molecule has 0 aliphatic rings. The number of hydrogen-bond donors (Lipinski definition) is 0. The van der Waals surface area contributed by atoms with Crippen LogP contribution < -0.4 is 4.74 Å². The SMILES string of the molecule is COC(=O)c1cc(Oc2c([N+](=O)[O-])cc(C(F)(F)F)cc2C(F)(F)F)no1. The number of esters is 1. The normalized spacial score (nSPS) is 12.0. The van der Waals surface area contributed by atoms with E-state index >= 15 is 0 Å². The first kappa shape index (κ1) is 20.0. The summed E-state index contributed by atoms with van der Waals surface area (Å²) in [5, 5.41) is 14.1. The monoisotopic (exact) mass is 400 g/mol. The zero-order chi connectivity index (χ0) is 20.6. The van der Waals surface area contributed by atoms with Gasteiger partial charge in [-0.3, -0.25) is 10.1 Å². The first-order valence-corrected chi connectivity index (χ1v) is 6.54. The molecule has 0 aliphatic heterocycles. The average Bonchev–Trinajstić information content (AvgIpc) is 3.00. The Balaban J connectivity index is 2.64. The number of nitro benzene ring substituents is 1. The van der Waals surface area contributed by atoms with Crippen molar-refractivity contribution in [1.82, 2.24) is 5.16 Å². The Morgan fingerprint density at radius 2 is 1.78 bits per heavy atom. The maximum Gasteiger partial charge on any atom is 0.420 e. The van der Waals surface area contributed by atoms with Crippen molar-refractivity contribution in [1.29, 1.82) is 0 Å². The third-order valence-corrected chi connectivity index (χ3v) is 2.98. The molecule has 0 saturated heterocycles. The summed E-state index contributed by atoms with van der Waals surface area (Å²) in [4.78, 5) is 20.7. The zero-order valence-electron chi connectivity index (χ0n) is 12.8. The van der Waals surface area contributed by atoms with E-state index in [2.05, 4.69) is 19.2 Å². The number of carbonyl (C=O) groups excluding carboxylic acids is 1. The predicted octanol–water partition coefficient (Wildman–Crippen LogP) is 4.20. The molecule has 8 nitrogen and oxygen atoms in total. The molecule has 0 spiro atoms. The maximum atomic E-state index is 13.2. The van der Waals surface area contributed by atoms with Crippen molar-refractivity contribution in [2.75, 3.05) is 7.11 Å². The van der Waals surface area contributed by atoms with Gasteiger partial charge in [-0.25, -0.2) is 4.79 Å². The number of carbonyl (C=O) groups is 1. The molecule has 0 bridgehead atoms. The highest BCUT2D eigenvalue weighted by atomic mass is 19.4. The molecule has 1 aromatic carbocycles. The molecule has 1 heterocycles. The molecular weight excluding hydrogens is 394 g/mol. The second kappa shape index (κ2) is 6.77. The number of methoxy groups -OCH3 is 1. The van der Waals surface area contributed by atoms with E-state index in [0.29, 0.717) is 6.07 Å². The number of halogens is 6. The summed E-state index contributed by atoms with van der Waals surface area (Å²) in [5.41, 5.74) is -5.57. The number of alkyl halides is 6. The van der Waals surface area contributed by atoms with Gasteiger partial charge < -0.3 is 14.0 Å². The van der Waals surface area contributed by atoms with Crippen molar-refractivity contribution in [3.05, 3.63) is 45.2 Å². The summed E-state index contributed by atoms with van der Waals surface area (Å²) >= 11 is 0. The maximum absolute atomic E-state index is 13.2. The fourth-order valence-corrected chi connectivity index (χ4v) is 1.84. The van der Waals surface area contributed by atoms with Gasteiger partial charge in [0.05, 0.1) is 23.7 Å². The van der Waals surface area contributed by atoms with Gasteiger partial charge in [-0.15, -0.1) is 0 Å². The van der Waals surface area contributed by atoms with E-state index in [9.17, 15) is 41.3 Å². The van der Waals surface area contributed by atoms with Crippen LogP contribution in [0.15, 0.2) is 22.7 Å². The van der Waals surface area contributed by atoms with Crippen molar-refractivity contribution >= 4 is 11.7 Å². The topological polar surface area (TPSA) is 105 Å². The molecular formula is C13H6F6N2O6. The lowest BCUT2D eigenvalue weighted by Crippen LogP contribution is -2.13. The quantitative estimate of drug-likeness (QED) is 0.328. The van der Waals surface area contributed by atoms with Gasteiger partial charge in [-0.1, -0.05) is 0 Å². The summed E-state index contributed by atoms with van der Waals surface area (Å²) in [5.74, 6) is -4.10. The molecule has 0 radical (unpaired) electrons. The molecule has 0 atom stereocenters. The van der Waals surface area contributed by atoms with E-state index < -0.39 is 57.4 Å². The van der Waals surface area contributed by atoms with E-state index in [1.807, 2.05) is 0 Å². The largest absolute Gasteiger partial charge is 0.463 e. The number of ether oxygens (including phenoxy) is 2. The standard InChI is InChI=1S/C13H6F6N2O6/c1-25-11(22)8-4-9(20-27-8)26-10-6(13(17,18)19)2-5(12(14,15)16)3-7(10)21(23)24/h2-4H,1H3. The van der Waals surface area contributed by atoms with Gasteiger partial charge in [-0.05, 0) is 11.2 Å². The number of hydrogen-bond acceptors (Lipinski definition) is 7. The minimum absolute atomic E-state index is 0.119. The third kappa shape index (κ3) is 4.27. The van der Waals surface area contributed by atoms with Gasteiger partial charge in [0.25, 0.3) is 5.88 Å². The number of nitrogens with zero attached hydrogens (tertiary/aromatic N) is 2. The molecule has 0 N–H and O–H groups in total. The molecule has 0 amide bonds.